The highest BCUT2D eigenvalue weighted by molar-refractivity contribution is 6.22. The van der Waals surface area contributed by atoms with E-state index in [9.17, 15) is 0 Å². The van der Waals surface area contributed by atoms with Crippen LogP contribution in [0.15, 0.2) is 231 Å². The Bertz CT molecular complexity index is 4380. The van der Waals surface area contributed by atoms with Crippen molar-refractivity contribution in [3.8, 4) is 45.2 Å². The van der Waals surface area contributed by atoms with E-state index < -0.39 is 6.04 Å². The van der Waals surface area contributed by atoms with Gasteiger partial charge in [-0.1, -0.05) is 133 Å². The van der Waals surface area contributed by atoms with Crippen LogP contribution in [0.4, 0.5) is 17.2 Å². The SMILES string of the molecule is c1coc(-c2c(-c3cc4ccccc4o3)c(-c3occ4ccccc34)c3c(c2-c2[nH]cc4ccccc24)N(c2cc4ccccc4[nH]2)C(c2nccc4ccccc24)C(c2ccc4ccccc4n2)=N3)c1. The first-order valence-corrected chi connectivity index (χ1v) is 23.7. The summed E-state index contributed by atoms with van der Waals surface area (Å²) in [4.78, 5) is 27.1. The van der Waals surface area contributed by atoms with Gasteiger partial charge in [0.2, 0.25) is 0 Å². The van der Waals surface area contributed by atoms with Crippen LogP contribution >= 0.6 is 0 Å². The maximum atomic E-state index is 7.06. The van der Waals surface area contributed by atoms with Gasteiger partial charge in [0.15, 0.2) is 0 Å². The van der Waals surface area contributed by atoms with Gasteiger partial charge in [-0.25, -0.2) is 9.98 Å². The van der Waals surface area contributed by atoms with E-state index in [1.807, 2.05) is 67.1 Å². The number of nitrogens with zero attached hydrogens (tertiary/aromatic N) is 4. The molecule has 9 heteroatoms. The fourth-order valence-corrected chi connectivity index (χ4v) is 10.9. The molecule has 0 amide bonds. The van der Waals surface area contributed by atoms with E-state index in [1.165, 1.54) is 0 Å². The normalized spacial score (nSPS) is 13.8. The summed E-state index contributed by atoms with van der Waals surface area (Å²) in [6.07, 6.45) is 7.54. The van der Waals surface area contributed by atoms with E-state index in [2.05, 4.69) is 155 Å². The molecule has 334 valence electrons. The van der Waals surface area contributed by atoms with E-state index in [4.69, 9.17) is 28.2 Å². The van der Waals surface area contributed by atoms with Crippen LogP contribution in [0.2, 0.25) is 0 Å². The number of anilines is 2. The highest BCUT2D eigenvalue weighted by atomic mass is 16.3. The molecule has 2 N–H and O–H groups in total. The molecule has 1 unspecified atom stereocenters. The van der Waals surface area contributed by atoms with Gasteiger partial charge in [0.25, 0.3) is 0 Å². The molecular formula is C62H38N6O3. The lowest BCUT2D eigenvalue weighted by Crippen LogP contribution is -2.36. The van der Waals surface area contributed by atoms with Crippen molar-refractivity contribution in [3.63, 3.8) is 0 Å². The lowest BCUT2D eigenvalue weighted by molar-refractivity contribution is 0.580. The van der Waals surface area contributed by atoms with Crippen LogP contribution < -0.4 is 4.90 Å². The summed E-state index contributed by atoms with van der Waals surface area (Å²) in [6, 6.07) is 63.9. The summed E-state index contributed by atoms with van der Waals surface area (Å²) in [7, 11) is 0. The molecule has 1 atom stereocenters. The monoisotopic (exact) mass is 914 g/mol. The molecule has 71 heavy (non-hydrogen) atoms. The van der Waals surface area contributed by atoms with Crippen molar-refractivity contribution in [2.24, 2.45) is 4.99 Å². The number of benzene rings is 7. The molecule has 1 aliphatic heterocycles. The summed E-state index contributed by atoms with van der Waals surface area (Å²) in [5.41, 5.74) is 10.3. The van der Waals surface area contributed by atoms with Crippen molar-refractivity contribution >= 4 is 88.0 Å². The number of H-pyrrole nitrogens is 2. The maximum Gasteiger partial charge on any atom is 0.144 e. The number of furan rings is 3. The van der Waals surface area contributed by atoms with Gasteiger partial charge in [0.05, 0.1) is 57.8 Å². The molecule has 15 rings (SSSR count). The zero-order chi connectivity index (χ0) is 46.6. The second-order valence-corrected chi connectivity index (χ2v) is 18.0. The largest absolute Gasteiger partial charge is 0.464 e. The number of fused-ring (bicyclic) bond motifs is 7. The van der Waals surface area contributed by atoms with Crippen LogP contribution in [0.3, 0.4) is 0 Å². The summed E-state index contributed by atoms with van der Waals surface area (Å²) in [6.45, 7) is 0. The van der Waals surface area contributed by atoms with E-state index >= 15 is 0 Å². The number of aromatic nitrogens is 4. The lowest BCUT2D eigenvalue weighted by atomic mass is 9.83. The Morgan fingerprint density at radius 3 is 2.11 bits per heavy atom. The lowest BCUT2D eigenvalue weighted by Gasteiger charge is -2.40. The Balaban J connectivity index is 1.22. The first kappa shape index (κ1) is 39.3. The fourth-order valence-electron chi connectivity index (χ4n) is 10.9. The molecule has 0 aliphatic carbocycles. The number of pyridine rings is 2. The molecule has 7 aromatic carbocycles. The summed E-state index contributed by atoms with van der Waals surface area (Å²) in [5.74, 6) is 2.73. The van der Waals surface area contributed by atoms with Gasteiger partial charge in [-0.15, -0.1) is 0 Å². The smallest absolute Gasteiger partial charge is 0.144 e. The number of hydrogen-bond donors (Lipinski definition) is 2. The third-order valence-corrected chi connectivity index (χ3v) is 14.1. The highest BCUT2D eigenvalue weighted by Gasteiger charge is 2.44. The maximum absolute atomic E-state index is 7.06. The molecule has 1 aliphatic rings. The number of para-hydroxylation sites is 3. The van der Waals surface area contributed by atoms with Crippen LogP contribution in [-0.2, 0) is 0 Å². The van der Waals surface area contributed by atoms with Gasteiger partial charge in [-0.3, -0.25) is 4.98 Å². The Hall–Kier alpha value is -9.73. The van der Waals surface area contributed by atoms with Crippen molar-refractivity contribution in [1.29, 1.82) is 0 Å². The number of aromatic amines is 2. The van der Waals surface area contributed by atoms with Gasteiger partial charge in [0.1, 0.15) is 34.7 Å². The quantitative estimate of drug-likeness (QED) is 0.165. The Morgan fingerprint density at radius 1 is 0.535 bits per heavy atom. The number of rotatable bonds is 7. The number of nitrogens with one attached hydrogen (secondary N) is 2. The zero-order valence-electron chi connectivity index (χ0n) is 37.8. The van der Waals surface area contributed by atoms with Crippen molar-refractivity contribution < 1.29 is 13.3 Å². The second kappa shape index (κ2) is 15.4. The van der Waals surface area contributed by atoms with Crippen LogP contribution in [0.5, 0.6) is 0 Å². The van der Waals surface area contributed by atoms with Crippen molar-refractivity contribution in [1.82, 2.24) is 19.9 Å². The standard InChI is InChI=1S/C62H38N6O3/c1-7-20-42-36(14-1)29-30-63-57(42)61-58(47-28-27-37-15-4-10-23-45(37)65-47)67-59-55(62-44-22-9-3-19-41(44)35-70-62)53(50-32-39-17-6-12-25-48(39)71-50)52(49-26-13-31-69-49)54(56-43-21-8-2-18-40(43)34-64-56)60(59)68(61)51-33-38-16-5-11-24-46(38)66-51/h1-35,61,64,66H. The molecule has 0 fully saturated rings. The topological polar surface area (TPSA) is 112 Å². The van der Waals surface area contributed by atoms with Crippen molar-refractivity contribution in [2.75, 3.05) is 4.90 Å². The first-order chi connectivity index (χ1) is 35.2. The zero-order valence-corrected chi connectivity index (χ0v) is 37.8. The Morgan fingerprint density at radius 2 is 1.27 bits per heavy atom. The number of hydrogen-bond acceptors (Lipinski definition) is 7. The summed E-state index contributed by atoms with van der Waals surface area (Å²) < 4.78 is 20.7. The van der Waals surface area contributed by atoms with Crippen LogP contribution in [0.25, 0.3) is 110 Å². The molecule has 9 nitrogen and oxygen atoms in total. The third-order valence-electron chi connectivity index (χ3n) is 14.1. The molecule has 0 saturated carbocycles. The predicted octanol–water partition coefficient (Wildman–Crippen LogP) is 16.5. The average molecular weight is 915 g/mol. The van der Waals surface area contributed by atoms with E-state index in [1.54, 1.807) is 6.26 Å². The van der Waals surface area contributed by atoms with E-state index in [-0.39, 0.29) is 0 Å². The van der Waals surface area contributed by atoms with E-state index in [0.29, 0.717) is 34.4 Å². The van der Waals surface area contributed by atoms with E-state index in [0.717, 1.165) is 110 Å². The van der Waals surface area contributed by atoms with Crippen molar-refractivity contribution in [2.45, 2.75) is 6.04 Å². The minimum absolute atomic E-state index is 0.628. The van der Waals surface area contributed by atoms with Gasteiger partial charge >= 0.3 is 0 Å². The summed E-state index contributed by atoms with van der Waals surface area (Å²) in [5, 5.41) is 9.04. The molecule has 0 saturated heterocycles. The molecule has 0 radical (unpaired) electrons. The minimum Gasteiger partial charge on any atom is -0.464 e. The van der Waals surface area contributed by atoms with Crippen molar-refractivity contribution in [3.05, 3.63) is 224 Å². The Kier molecular flexibility index (Phi) is 8.52. The first-order valence-electron chi connectivity index (χ1n) is 23.7. The van der Waals surface area contributed by atoms with Gasteiger partial charge in [0, 0.05) is 72.3 Å². The van der Waals surface area contributed by atoms with Gasteiger partial charge in [-0.2, -0.15) is 0 Å². The van der Waals surface area contributed by atoms with Gasteiger partial charge in [-0.05, 0) is 65.4 Å². The molecule has 14 aromatic rings. The average Bonchev–Trinajstić information content (AvgIpc) is 4.30. The molecule has 7 aromatic heterocycles. The Labute approximate surface area is 405 Å². The third kappa shape index (κ3) is 6.03. The molecule has 8 heterocycles. The fraction of sp³-hybridized carbons (Fsp3) is 0.0161. The summed E-state index contributed by atoms with van der Waals surface area (Å²) >= 11 is 0. The van der Waals surface area contributed by atoms with Crippen LogP contribution in [0.1, 0.15) is 17.4 Å². The minimum atomic E-state index is -0.655. The van der Waals surface area contributed by atoms with Crippen LogP contribution in [-0.4, -0.2) is 25.6 Å². The highest BCUT2D eigenvalue weighted by Crippen LogP contribution is 2.62. The van der Waals surface area contributed by atoms with Gasteiger partial charge < -0.3 is 28.1 Å². The number of aliphatic imine (C=N–C) groups is 1. The van der Waals surface area contributed by atoms with Crippen LogP contribution in [0, 0.1) is 0 Å². The molecular weight excluding hydrogens is 877 g/mol. The molecule has 0 spiro atoms. The predicted molar refractivity (Wildman–Crippen MR) is 285 cm³/mol. The molecule has 0 bridgehead atoms. The second-order valence-electron chi connectivity index (χ2n) is 18.0.